The SMILES string of the molecule is Cc1c(NCC(C)N)cccc1[N+](=O)[O-]. The van der Waals surface area contributed by atoms with E-state index in [2.05, 4.69) is 5.32 Å². The Morgan fingerprint density at radius 2 is 2.27 bits per heavy atom. The van der Waals surface area contributed by atoms with Crippen LogP contribution in [0.4, 0.5) is 11.4 Å². The number of benzene rings is 1. The molecule has 1 aromatic rings. The molecule has 0 aliphatic heterocycles. The molecule has 0 fully saturated rings. The van der Waals surface area contributed by atoms with Gasteiger partial charge in [0.25, 0.3) is 5.69 Å². The Morgan fingerprint density at radius 1 is 1.60 bits per heavy atom. The summed E-state index contributed by atoms with van der Waals surface area (Å²) in [5, 5.41) is 13.7. The molecule has 5 heteroatoms. The Bertz CT molecular complexity index is 364. The summed E-state index contributed by atoms with van der Waals surface area (Å²) >= 11 is 0. The molecule has 82 valence electrons. The molecule has 15 heavy (non-hydrogen) atoms. The van der Waals surface area contributed by atoms with Crippen LogP contribution < -0.4 is 11.1 Å². The lowest BCUT2D eigenvalue weighted by molar-refractivity contribution is -0.385. The van der Waals surface area contributed by atoms with E-state index in [1.807, 2.05) is 13.0 Å². The van der Waals surface area contributed by atoms with Crippen molar-refractivity contribution in [2.24, 2.45) is 5.73 Å². The smallest absolute Gasteiger partial charge is 0.274 e. The first-order valence-electron chi connectivity index (χ1n) is 4.76. The van der Waals surface area contributed by atoms with Crippen LogP contribution in [-0.2, 0) is 0 Å². The van der Waals surface area contributed by atoms with E-state index in [0.29, 0.717) is 12.1 Å². The number of hydrogen-bond donors (Lipinski definition) is 2. The van der Waals surface area contributed by atoms with Crippen molar-refractivity contribution in [3.63, 3.8) is 0 Å². The summed E-state index contributed by atoms with van der Waals surface area (Å²) in [5.74, 6) is 0. The summed E-state index contributed by atoms with van der Waals surface area (Å²) in [6.07, 6.45) is 0. The zero-order chi connectivity index (χ0) is 11.4. The fourth-order valence-corrected chi connectivity index (χ4v) is 1.28. The van der Waals surface area contributed by atoms with Crippen LogP contribution in [0.15, 0.2) is 18.2 Å². The maximum Gasteiger partial charge on any atom is 0.274 e. The van der Waals surface area contributed by atoms with Gasteiger partial charge in [0.05, 0.1) is 4.92 Å². The standard InChI is InChI=1S/C10H15N3O2/c1-7(11)6-12-9-4-3-5-10(8(9)2)13(14)15/h3-5,7,12H,6,11H2,1-2H3. The summed E-state index contributed by atoms with van der Waals surface area (Å²) in [6.45, 7) is 4.20. The van der Waals surface area contributed by atoms with Gasteiger partial charge in [0.1, 0.15) is 0 Å². The van der Waals surface area contributed by atoms with Gasteiger partial charge in [0, 0.05) is 29.9 Å². The highest BCUT2D eigenvalue weighted by atomic mass is 16.6. The van der Waals surface area contributed by atoms with Crippen LogP contribution in [0.1, 0.15) is 12.5 Å². The van der Waals surface area contributed by atoms with Crippen molar-refractivity contribution in [2.45, 2.75) is 19.9 Å². The molecular weight excluding hydrogens is 194 g/mol. The fourth-order valence-electron chi connectivity index (χ4n) is 1.28. The maximum atomic E-state index is 10.7. The summed E-state index contributed by atoms with van der Waals surface area (Å²) in [5.41, 5.74) is 7.13. The molecule has 0 heterocycles. The van der Waals surface area contributed by atoms with Gasteiger partial charge in [-0.1, -0.05) is 6.07 Å². The zero-order valence-electron chi connectivity index (χ0n) is 8.86. The zero-order valence-corrected chi connectivity index (χ0v) is 8.86. The summed E-state index contributed by atoms with van der Waals surface area (Å²) in [4.78, 5) is 10.3. The Hall–Kier alpha value is -1.62. The predicted molar refractivity (Wildman–Crippen MR) is 60.0 cm³/mol. The van der Waals surface area contributed by atoms with Crippen LogP contribution in [0.2, 0.25) is 0 Å². The van der Waals surface area contributed by atoms with Gasteiger partial charge in [-0.3, -0.25) is 10.1 Å². The minimum Gasteiger partial charge on any atom is -0.383 e. The van der Waals surface area contributed by atoms with Gasteiger partial charge in [-0.2, -0.15) is 0 Å². The second-order valence-corrected chi connectivity index (χ2v) is 3.56. The Morgan fingerprint density at radius 3 is 2.80 bits per heavy atom. The van der Waals surface area contributed by atoms with Gasteiger partial charge in [0.2, 0.25) is 0 Å². The topological polar surface area (TPSA) is 81.2 Å². The van der Waals surface area contributed by atoms with Crippen molar-refractivity contribution >= 4 is 11.4 Å². The minimum atomic E-state index is -0.383. The monoisotopic (exact) mass is 209 g/mol. The molecule has 1 aromatic carbocycles. The number of nitrogens with one attached hydrogen (secondary N) is 1. The third-order valence-electron chi connectivity index (χ3n) is 2.12. The number of nitrogens with zero attached hydrogens (tertiary/aromatic N) is 1. The first kappa shape index (κ1) is 11.5. The second kappa shape index (κ2) is 4.75. The number of anilines is 1. The molecule has 0 saturated carbocycles. The second-order valence-electron chi connectivity index (χ2n) is 3.56. The Balaban J connectivity index is 2.89. The predicted octanol–water partition coefficient (Wildman–Crippen LogP) is 1.66. The van der Waals surface area contributed by atoms with Gasteiger partial charge in [-0.05, 0) is 19.9 Å². The molecule has 0 saturated heterocycles. The van der Waals surface area contributed by atoms with Crippen molar-refractivity contribution < 1.29 is 4.92 Å². The molecule has 1 unspecified atom stereocenters. The molecular formula is C10H15N3O2. The molecule has 0 aliphatic carbocycles. The van der Waals surface area contributed by atoms with E-state index in [0.717, 1.165) is 5.69 Å². The number of nitrogens with two attached hydrogens (primary N) is 1. The first-order valence-corrected chi connectivity index (χ1v) is 4.76. The highest BCUT2D eigenvalue weighted by molar-refractivity contribution is 5.59. The average molecular weight is 209 g/mol. The van der Waals surface area contributed by atoms with Crippen molar-refractivity contribution in [3.8, 4) is 0 Å². The molecule has 0 radical (unpaired) electrons. The Kier molecular flexibility index (Phi) is 3.62. The highest BCUT2D eigenvalue weighted by Gasteiger charge is 2.12. The van der Waals surface area contributed by atoms with E-state index < -0.39 is 0 Å². The number of nitro benzene ring substituents is 1. The first-order chi connectivity index (χ1) is 7.02. The average Bonchev–Trinajstić information content (AvgIpc) is 2.15. The van der Waals surface area contributed by atoms with Crippen molar-refractivity contribution in [1.29, 1.82) is 0 Å². The lowest BCUT2D eigenvalue weighted by atomic mass is 10.1. The van der Waals surface area contributed by atoms with E-state index >= 15 is 0 Å². The molecule has 0 spiro atoms. The van der Waals surface area contributed by atoms with Crippen LogP contribution >= 0.6 is 0 Å². The van der Waals surface area contributed by atoms with E-state index in [1.165, 1.54) is 6.07 Å². The van der Waals surface area contributed by atoms with Gasteiger partial charge < -0.3 is 11.1 Å². The third kappa shape index (κ3) is 2.92. The summed E-state index contributed by atoms with van der Waals surface area (Å²) < 4.78 is 0. The minimum absolute atomic E-state index is 0.0173. The highest BCUT2D eigenvalue weighted by Crippen LogP contribution is 2.24. The molecule has 3 N–H and O–H groups in total. The van der Waals surface area contributed by atoms with E-state index in [-0.39, 0.29) is 16.7 Å². The molecule has 1 atom stereocenters. The van der Waals surface area contributed by atoms with Gasteiger partial charge in [-0.15, -0.1) is 0 Å². The number of rotatable bonds is 4. The van der Waals surface area contributed by atoms with E-state index in [9.17, 15) is 10.1 Å². The molecule has 0 aromatic heterocycles. The normalized spacial score (nSPS) is 12.2. The molecule has 5 nitrogen and oxygen atoms in total. The maximum absolute atomic E-state index is 10.7. The summed E-state index contributed by atoms with van der Waals surface area (Å²) in [6, 6.07) is 4.98. The fraction of sp³-hybridized carbons (Fsp3) is 0.400. The third-order valence-corrected chi connectivity index (χ3v) is 2.12. The molecule has 0 bridgehead atoms. The largest absolute Gasteiger partial charge is 0.383 e. The quantitative estimate of drug-likeness (QED) is 0.583. The van der Waals surface area contributed by atoms with Crippen LogP contribution in [0.3, 0.4) is 0 Å². The van der Waals surface area contributed by atoms with Crippen LogP contribution in [-0.4, -0.2) is 17.5 Å². The Labute approximate surface area is 88.4 Å². The van der Waals surface area contributed by atoms with Crippen LogP contribution in [0.25, 0.3) is 0 Å². The molecule has 0 amide bonds. The lowest BCUT2D eigenvalue weighted by Gasteiger charge is -2.11. The van der Waals surface area contributed by atoms with Crippen LogP contribution in [0.5, 0.6) is 0 Å². The van der Waals surface area contributed by atoms with Crippen molar-refractivity contribution in [1.82, 2.24) is 0 Å². The van der Waals surface area contributed by atoms with Gasteiger partial charge >= 0.3 is 0 Å². The van der Waals surface area contributed by atoms with E-state index in [4.69, 9.17) is 5.73 Å². The van der Waals surface area contributed by atoms with E-state index in [1.54, 1.807) is 13.0 Å². The lowest BCUT2D eigenvalue weighted by Crippen LogP contribution is -2.25. The molecule has 1 rings (SSSR count). The van der Waals surface area contributed by atoms with Crippen molar-refractivity contribution in [2.75, 3.05) is 11.9 Å². The summed E-state index contributed by atoms with van der Waals surface area (Å²) in [7, 11) is 0. The molecule has 0 aliphatic rings. The van der Waals surface area contributed by atoms with Crippen LogP contribution in [0, 0.1) is 17.0 Å². The van der Waals surface area contributed by atoms with Gasteiger partial charge in [0.15, 0.2) is 0 Å². The van der Waals surface area contributed by atoms with Crippen molar-refractivity contribution in [3.05, 3.63) is 33.9 Å². The number of nitro groups is 1. The number of hydrogen-bond acceptors (Lipinski definition) is 4. The van der Waals surface area contributed by atoms with Gasteiger partial charge in [-0.25, -0.2) is 0 Å².